The van der Waals surface area contributed by atoms with Gasteiger partial charge in [-0.3, -0.25) is 9.59 Å². The molecule has 1 unspecified atom stereocenters. The van der Waals surface area contributed by atoms with Crippen LogP contribution in [0.25, 0.3) is 0 Å². The minimum absolute atomic E-state index is 0.0992. The third kappa shape index (κ3) is 7.86. The molecule has 0 fully saturated rings. The molecular weight excluding hydrogens is 366 g/mol. The van der Waals surface area contributed by atoms with E-state index in [0.717, 1.165) is 17.9 Å². The van der Waals surface area contributed by atoms with E-state index in [0.29, 0.717) is 23.8 Å². The van der Waals surface area contributed by atoms with Gasteiger partial charge in [-0.05, 0) is 61.7 Å². The number of benzene rings is 2. The number of carbonyl (C=O) groups excluding carboxylic acids is 2. The highest BCUT2D eigenvalue weighted by Crippen LogP contribution is 2.16. The van der Waals surface area contributed by atoms with Crippen LogP contribution in [-0.2, 0) is 4.79 Å². The highest BCUT2D eigenvalue weighted by Gasteiger charge is 2.09. The molecule has 0 aliphatic heterocycles. The van der Waals surface area contributed by atoms with E-state index in [1.807, 2.05) is 44.2 Å². The monoisotopic (exact) mass is 397 g/mol. The lowest BCUT2D eigenvalue weighted by molar-refractivity contribution is -0.114. The van der Waals surface area contributed by atoms with Gasteiger partial charge in [-0.25, -0.2) is 0 Å². The van der Waals surface area contributed by atoms with Crippen molar-refractivity contribution in [2.45, 2.75) is 40.2 Å². The molecule has 2 aromatic carbocycles. The Labute approximate surface area is 173 Å². The molecule has 2 amide bonds. The number of amides is 2. The molecule has 29 heavy (non-hydrogen) atoms. The molecule has 0 spiro atoms. The zero-order valence-electron chi connectivity index (χ0n) is 17.6. The third-order valence-corrected chi connectivity index (χ3v) is 4.29. The lowest BCUT2D eigenvalue weighted by Gasteiger charge is -2.13. The molecule has 0 aliphatic carbocycles. The summed E-state index contributed by atoms with van der Waals surface area (Å²) in [4.78, 5) is 24.4. The minimum Gasteiger partial charge on any atom is -0.493 e. The number of ether oxygens (including phenoxy) is 1. The summed E-state index contributed by atoms with van der Waals surface area (Å²) >= 11 is 0. The summed E-state index contributed by atoms with van der Waals surface area (Å²) in [7, 11) is 0. The first kappa shape index (κ1) is 22.3. The van der Waals surface area contributed by atoms with E-state index >= 15 is 0 Å². The lowest BCUT2D eigenvalue weighted by atomic mass is 10.1. The van der Waals surface area contributed by atoms with Crippen molar-refractivity contribution in [2.24, 2.45) is 5.92 Å². The predicted octanol–water partition coefficient (Wildman–Crippen LogP) is 4.30. The van der Waals surface area contributed by atoms with Crippen LogP contribution < -0.4 is 20.7 Å². The first-order valence-corrected chi connectivity index (χ1v) is 10.0. The maximum absolute atomic E-state index is 12.2. The largest absolute Gasteiger partial charge is 0.493 e. The Hall–Kier alpha value is -3.02. The third-order valence-electron chi connectivity index (χ3n) is 4.29. The molecular formula is C23H31N3O3. The molecule has 0 saturated carbocycles. The SMILES string of the molecule is CCC(C)NC(=O)c1cccc(NCC(=O)Nc2ccc(OCC(C)C)cc2)c1. The van der Waals surface area contributed by atoms with Crippen LogP contribution in [-0.4, -0.2) is 31.0 Å². The van der Waals surface area contributed by atoms with Crippen molar-refractivity contribution < 1.29 is 14.3 Å². The first-order chi connectivity index (χ1) is 13.9. The van der Waals surface area contributed by atoms with Gasteiger partial charge in [-0.15, -0.1) is 0 Å². The summed E-state index contributed by atoms with van der Waals surface area (Å²) in [6.45, 7) is 8.93. The Kier molecular flexibility index (Phi) is 8.52. The van der Waals surface area contributed by atoms with Crippen molar-refractivity contribution >= 4 is 23.2 Å². The van der Waals surface area contributed by atoms with E-state index < -0.39 is 0 Å². The van der Waals surface area contributed by atoms with Gasteiger partial charge in [-0.2, -0.15) is 0 Å². The second-order valence-electron chi connectivity index (χ2n) is 7.49. The van der Waals surface area contributed by atoms with Gasteiger partial charge in [0.2, 0.25) is 5.91 Å². The Balaban J connectivity index is 1.84. The molecule has 1 atom stereocenters. The average Bonchev–Trinajstić information content (AvgIpc) is 2.71. The normalized spacial score (nSPS) is 11.6. The fraction of sp³-hybridized carbons (Fsp3) is 0.391. The van der Waals surface area contributed by atoms with E-state index in [2.05, 4.69) is 29.8 Å². The summed E-state index contributed by atoms with van der Waals surface area (Å²) in [6.07, 6.45) is 0.870. The number of anilines is 2. The van der Waals surface area contributed by atoms with Crippen molar-refractivity contribution in [3.63, 3.8) is 0 Å². The molecule has 156 valence electrons. The van der Waals surface area contributed by atoms with Crippen LogP contribution >= 0.6 is 0 Å². The Morgan fingerprint density at radius 2 is 1.72 bits per heavy atom. The molecule has 0 radical (unpaired) electrons. The highest BCUT2D eigenvalue weighted by molar-refractivity contribution is 5.96. The van der Waals surface area contributed by atoms with Gasteiger partial charge >= 0.3 is 0 Å². The van der Waals surface area contributed by atoms with Crippen LogP contribution in [0, 0.1) is 5.92 Å². The van der Waals surface area contributed by atoms with Gasteiger partial charge in [0.1, 0.15) is 5.75 Å². The molecule has 0 aromatic heterocycles. The average molecular weight is 398 g/mol. The number of rotatable bonds is 10. The van der Waals surface area contributed by atoms with Crippen molar-refractivity contribution in [1.29, 1.82) is 0 Å². The van der Waals surface area contributed by atoms with Crippen molar-refractivity contribution in [3.8, 4) is 5.75 Å². The molecule has 0 heterocycles. The van der Waals surface area contributed by atoms with Crippen LogP contribution in [0.15, 0.2) is 48.5 Å². The summed E-state index contributed by atoms with van der Waals surface area (Å²) in [5, 5.41) is 8.83. The van der Waals surface area contributed by atoms with Gasteiger partial charge < -0.3 is 20.7 Å². The van der Waals surface area contributed by atoms with Crippen LogP contribution in [0.3, 0.4) is 0 Å². The fourth-order valence-corrected chi connectivity index (χ4v) is 2.46. The van der Waals surface area contributed by atoms with E-state index in [1.54, 1.807) is 18.2 Å². The van der Waals surface area contributed by atoms with E-state index in [1.165, 1.54) is 0 Å². The van der Waals surface area contributed by atoms with Gasteiger partial charge in [0.25, 0.3) is 5.91 Å². The fourth-order valence-electron chi connectivity index (χ4n) is 2.46. The van der Waals surface area contributed by atoms with Crippen molar-refractivity contribution in [1.82, 2.24) is 5.32 Å². The first-order valence-electron chi connectivity index (χ1n) is 10.0. The van der Waals surface area contributed by atoms with Crippen LogP contribution in [0.5, 0.6) is 5.75 Å². The highest BCUT2D eigenvalue weighted by atomic mass is 16.5. The Bertz CT molecular complexity index is 803. The maximum Gasteiger partial charge on any atom is 0.251 e. The second-order valence-corrected chi connectivity index (χ2v) is 7.49. The number of carbonyl (C=O) groups is 2. The van der Waals surface area contributed by atoms with Gasteiger partial charge in [-0.1, -0.05) is 26.8 Å². The van der Waals surface area contributed by atoms with Crippen LogP contribution in [0.1, 0.15) is 44.5 Å². The molecule has 2 rings (SSSR count). The summed E-state index contributed by atoms with van der Waals surface area (Å²) in [5.41, 5.74) is 1.98. The standard InChI is InChI=1S/C23H31N3O3/c1-5-17(4)25-23(28)18-7-6-8-20(13-18)24-14-22(27)26-19-9-11-21(12-10-19)29-15-16(2)3/h6-13,16-17,24H,5,14-15H2,1-4H3,(H,25,28)(H,26,27). The summed E-state index contributed by atoms with van der Waals surface area (Å²) in [6, 6.07) is 14.5. The molecule has 6 nitrogen and oxygen atoms in total. The minimum atomic E-state index is -0.171. The van der Waals surface area contributed by atoms with E-state index in [4.69, 9.17) is 4.74 Å². The molecule has 3 N–H and O–H groups in total. The Morgan fingerprint density at radius 1 is 1.00 bits per heavy atom. The molecule has 0 aliphatic rings. The van der Waals surface area contributed by atoms with E-state index in [-0.39, 0.29) is 24.4 Å². The zero-order valence-corrected chi connectivity index (χ0v) is 17.6. The molecule has 0 saturated heterocycles. The van der Waals surface area contributed by atoms with Crippen molar-refractivity contribution in [3.05, 3.63) is 54.1 Å². The molecule has 6 heteroatoms. The quantitative estimate of drug-likeness (QED) is 0.558. The molecule has 0 bridgehead atoms. The molecule has 2 aromatic rings. The lowest BCUT2D eigenvalue weighted by Crippen LogP contribution is -2.31. The van der Waals surface area contributed by atoms with Gasteiger partial charge in [0.05, 0.1) is 13.2 Å². The number of hydrogen-bond donors (Lipinski definition) is 3. The predicted molar refractivity (Wildman–Crippen MR) is 118 cm³/mol. The van der Waals surface area contributed by atoms with Gasteiger partial charge in [0.15, 0.2) is 0 Å². The number of nitrogens with one attached hydrogen (secondary N) is 3. The summed E-state index contributed by atoms with van der Waals surface area (Å²) in [5.74, 6) is 0.949. The van der Waals surface area contributed by atoms with E-state index in [9.17, 15) is 9.59 Å². The zero-order chi connectivity index (χ0) is 21.2. The Morgan fingerprint density at radius 3 is 2.38 bits per heavy atom. The number of hydrogen-bond acceptors (Lipinski definition) is 4. The smallest absolute Gasteiger partial charge is 0.251 e. The van der Waals surface area contributed by atoms with Crippen LogP contribution in [0.4, 0.5) is 11.4 Å². The maximum atomic E-state index is 12.2. The van der Waals surface area contributed by atoms with Crippen molar-refractivity contribution in [2.75, 3.05) is 23.8 Å². The van der Waals surface area contributed by atoms with Gasteiger partial charge in [0, 0.05) is 23.0 Å². The topological polar surface area (TPSA) is 79.5 Å². The summed E-state index contributed by atoms with van der Waals surface area (Å²) < 4.78 is 5.64. The van der Waals surface area contributed by atoms with Crippen LogP contribution in [0.2, 0.25) is 0 Å². The second kappa shape index (κ2) is 11.1.